The number of amides is 1. The van der Waals surface area contributed by atoms with Crippen LogP contribution in [0.3, 0.4) is 0 Å². The summed E-state index contributed by atoms with van der Waals surface area (Å²) in [5, 5.41) is 20.5. The van der Waals surface area contributed by atoms with Crippen LogP contribution >= 0.6 is 0 Å². The minimum Gasteiger partial charge on any atom is -0.569 e. The van der Waals surface area contributed by atoms with Crippen LogP contribution in [0.25, 0.3) is 16.9 Å². The van der Waals surface area contributed by atoms with Gasteiger partial charge in [-0.25, -0.2) is 22.6 Å². The molecule has 1 amide bonds. The standard InChI is InChI=1S/C31H39F3N6O8S/c1-19(2)17-26(38(8)40(43)37-48-21(4)46-29(42)47-30(5,6)7)28(41)36-49(44,45)24-15-13-23(14-16-24)39-25(18-27(35-39)31(32,33)34)22-11-9-20(3)10-12-22/h9-16,18-19,21,26H,17H2,1-8H3,(H,36,41)/b40-37-/t21?,26-/m0/s1. The van der Waals surface area contributed by atoms with Crippen molar-refractivity contribution < 1.29 is 50.5 Å². The van der Waals surface area contributed by atoms with Gasteiger partial charge in [0.1, 0.15) is 5.60 Å². The summed E-state index contributed by atoms with van der Waals surface area (Å²) in [6, 6.07) is 11.0. The summed E-state index contributed by atoms with van der Waals surface area (Å²) in [7, 11) is -3.35. The number of carbonyl (C=O) groups excluding carboxylic acids is 2. The molecule has 0 aliphatic carbocycles. The third-order valence-electron chi connectivity index (χ3n) is 6.61. The van der Waals surface area contributed by atoms with Crippen LogP contribution in [0.2, 0.25) is 0 Å². The number of rotatable bonds is 12. The Bertz CT molecular complexity index is 1750. The fraction of sp³-hybridized carbons (Fsp3) is 0.452. The van der Waals surface area contributed by atoms with E-state index < -0.39 is 51.9 Å². The van der Waals surface area contributed by atoms with Gasteiger partial charge in [-0.05, 0) is 70.4 Å². The number of sulfonamides is 1. The van der Waals surface area contributed by atoms with Crippen LogP contribution in [0.4, 0.5) is 18.0 Å². The molecule has 1 aromatic heterocycles. The Morgan fingerprint density at radius 3 is 2.18 bits per heavy atom. The molecule has 18 heteroatoms. The SMILES string of the molecule is Cc1ccc(-c2cc(C(F)(F)F)nn2-c2ccc(S(=O)(=O)NC(=O)[C@H](CC(C)C)N(C)/[N+]([O-])=N/OC(C)OC(=O)OC(C)(C)C)cc2)cc1. The predicted molar refractivity (Wildman–Crippen MR) is 169 cm³/mol. The third-order valence-corrected chi connectivity index (χ3v) is 7.97. The molecule has 3 aromatic rings. The van der Waals surface area contributed by atoms with Crippen molar-refractivity contribution in [1.82, 2.24) is 19.5 Å². The van der Waals surface area contributed by atoms with E-state index >= 15 is 0 Å². The van der Waals surface area contributed by atoms with Gasteiger partial charge < -0.3 is 14.7 Å². The molecule has 0 aliphatic heterocycles. The van der Waals surface area contributed by atoms with Crippen molar-refractivity contribution in [1.29, 1.82) is 0 Å². The number of hydrogen-bond donors (Lipinski definition) is 1. The summed E-state index contributed by atoms with van der Waals surface area (Å²) in [4.78, 5) is 29.5. The summed E-state index contributed by atoms with van der Waals surface area (Å²) in [5.74, 6) is -1.26. The second kappa shape index (κ2) is 15.1. The van der Waals surface area contributed by atoms with E-state index in [1.165, 1.54) is 26.1 Å². The Labute approximate surface area is 282 Å². The summed E-state index contributed by atoms with van der Waals surface area (Å²) in [5.41, 5.74) is -0.381. The summed E-state index contributed by atoms with van der Waals surface area (Å²) in [6.45, 7) is 11.4. The zero-order chi connectivity index (χ0) is 36.9. The quantitative estimate of drug-likeness (QED) is 0.0759. The van der Waals surface area contributed by atoms with Gasteiger partial charge in [-0.1, -0.05) is 43.7 Å². The summed E-state index contributed by atoms with van der Waals surface area (Å²) >= 11 is 0. The van der Waals surface area contributed by atoms with E-state index in [0.29, 0.717) is 5.56 Å². The first kappa shape index (κ1) is 38.6. The lowest BCUT2D eigenvalue weighted by molar-refractivity contribution is -0.712. The second-order valence-electron chi connectivity index (χ2n) is 12.5. The van der Waals surface area contributed by atoms with Gasteiger partial charge in [0.2, 0.25) is 5.28 Å². The van der Waals surface area contributed by atoms with Crippen molar-refractivity contribution in [3.05, 3.63) is 71.1 Å². The maximum atomic E-state index is 13.6. The van der Waals surface area contributed by atoms with Crippen molar-refractivity contribution >= 4 is 22.1 Å². The highest BCUT2D eigenvalue weighted by molar-refractivity contribution is 7.90. The molecular weight excluding hydrogens is 673 g/mol. The highest BCUT2D eigenvalue weighted by atomic mass is 32.2. The minimum absolute atomic E-state index is 0.0115. The van der Waals surface area contributed by atoms with Crippen molar-refractivity contribution in [2.45, 2.75) is 83.9 Å². The molecule has 3 rings (SSSR count). The number of ether oxygens (including phenoxy) is 2. The van der Waals surface area contributed by atoms with Gasteiger partial charge in [-0.3, -0.25) is 9.63 Å². The predicted octanol–water partition coefficient (Wildman–Crippen LogP) is 6.12. The molecule has 1 heterocycles. The molecule has 268 valence electrons. The van der Waals surface area contributed by atoms with Crippen molar-refractivity contribution in [3.63, 3.8) is 0 Å². The van der Waals surface area contributed by atoms with Crippen LogP contribution in [0.1, 0.15) is 59.2 Å². The molecule has 0 saturated carbocycles. The van der Waals surface area contributed by atoms with Crippen LogP contribution < -0.4 is 4.72 Å². The highest BCUT2D eigenvalue weighted by Crippen LogP contribution is 2.33. The van der Waals surface area contributed by atoms with Gasteiger partial charge in [0.25, 0.3) is 22.2 Å². The van der Waals surface area contributed by atoms with E-state index in [2.05, 4.69) is 10.4 Å². The molecule has 0 aliphatic rings. The number of nitrogens with zero attached hydrogens (tertiary/aromatic N) is 5. The fourth-order valence-electron chi connectivity index (χ4n) is 4.26. The van der Waals surface area contributed by atoms with E-state index in [-0.39, 0.29) is 33.6 Å². The first-order valence-electron chi connectivity index (χ1n) is 14.9. The lowest BCUT2D eigenvalue weighted by Crippen LogP contribution is -2.49. The monoisotopic (exact) mass is 712 g/mol. The van der Waals surface area contributed by atoms with E-state index in [1.54, 1.807) is 58.9 Å². The van der Waals surface area contributed by atoms with Crippen molar-refractivity contribution in [2.75, 3.05) is 7.05 Å². The van der Waals surface area contributed by atoms with E-state index in [4.69, 9.17) is 14.3 Å². The largest absolute Gasteiger partial charge is 0.569 e. The van der Waals surface area contributed by atoms with Crippen LogP contribution in [-0.4, -0.2) is 65.2 Å². The number of likely N-dealkylation sites (N-methyl/N-ethyl adjacent to an activating group) is 1. The smallest absolute Gasteiger partial charge is 0.511 e. The van der Waals surface area contributed by atoms with Crippen molar-refractivity contribution in [3.8, 4) is 16.9 Å². The normalized spacial score (nSPS) is 13.8. The van der Waals surface area contributed by atoms with E-state index in [1.807, 2.05) is 11.6 Å². The van der Waals surface area contributed by atoms with Gasteiger partial charge in [0, 0.05) is 12.5 Å². The number of halogens is 3. The van der Waals surface area contributed by atoms with Crippen molar-refractivity contribution in [2.24, 2.45) is 11.2 Å². The maximum Gasteiger partial charge on any atom is 0.511 e. The third kappa shape index (κ3) is 10.8. The average molecular weight is 713 g/mol. The summed E-state index contributed by atoms with van der Waals surface area (Å²) < 4.78 is 80.0. The molecule has 49 heavy (non-hydrogen) atoms. The topological polar surface area (TPSA) is 167 Å². The first-order valence-corrected chi connectivity index (χ1v) is 16.4. The van der Waals surface area contributed by atoms with Gasteiger partial charge in [0.15, 0.2) is 11.7 Å². The molecular formula is C31H39F3N6O8S. The number of hydrogen-bond acceptors (Lipinski definition) is 10. The molecule has 0 bridgehead atoms. The molecule has 2 aromatic carbocycles. The molecule has 2 atom stereocenters. The Balaban J connectivity index is 1.81. The number of nitrogens with one attached hydrogen (secondary N) is 1. The second-order valence-corrected chi connectivity index (χ2v) is 14.1. The summed E-state index contributed by atoms with van der Waals surface area (Å²) in [6.07, 6.45) is -7.14. The lowest BCUT2D eigenvalue weighted by Gasteiger charge is -2.24. The fourth-order valence-corrected chi connectivity index (χ4v) is 5.28. The molecule has 1 unspecified atom stereocenters. The van der Waals surface area contributed by atoms with E-state index in [9.17, 15) is 36.4 Å². The molecule has 0 fully saturated rings. The maximum absolute atomic E-state index is 13.6. The minimum atomic E-state index is -4.73. The number of carbonyl (C=O) groups is 2. The van der Waals surface area contributed by atoms with Gasteiger partial charge in [-0.2, -0.15) is 18.3 Å². The molecule has 0 radical (unpaired) electrons. The number of alkyl halides is 3. The van der Waals surface area contributed by atoms with Crippen LogP contribution in [-0.2, 0) is 35.3 Å². The number of aryl methyl sites for hydroxylation is 1. The molecule has 0 spiro atoms. The zero-order valence-corrected chi connectivity index (χ0v) is 29.0. The number of benzene rings is 2. The van der Waals surface area contributed by atoms with Crippen LogP contribution in [0.15, 0.2) is 64.8 Å². The van der Waals surface area contributed by atoms with E-state index in [0.717, 1.165) is 33.5 Å². The van der Waals surface area contributed by atoms with Gasteiger partial charge in [0.05, 0.1) is 28.3 Å². The van der Waals surface area contributed by atoms with Gasteiger partial charge >= 0.3 is 12.3 Å². The highest BCUT2D eigenvalue weighted by Gasteiger charge is 2.36. The number of hydrazine groups is 1. The zero-order valence-electron chi connectivity index (χ0n) is 28.2. The Morgan fingerprint density at radius 2 is 1.65 bits per heavy atom. The van der Waals surface area contributed by atoms with Crippen LogP contribution in [0, 0.1) is 18.0 Å². The van der Waals surface area contributed by atoms with Crippen LogP contribution in [0.5, 0.6) is 0 Å². The first-order chi connectivity index (χ1) is 22.6. The Hall–Kier alpha value is -4.87. The molecule has 1 N–H and O–H groups in total. The average Bonchev–Trinajstić information content (AvgIpc) is 3.44. The molecule has 14 nitrogen and oxygen atoms in total. The Kier molecular flexibility index (Phi) is 11.9. The number of aromatic nitrogens is 2. The molecule has 0 saturated heterocycles. The lowest BCUT2D eigenvalue weighted by atomic mass is 10.0. The Morgan fingerprint density at radius 1 is 1.06 bits per heavy atom. The van der Waals surface area contributed by atoms with Gasteiger partial charge in [-0.15, -0.1) is 5.01 Å².